The van der Waals surface area contributed by atoms with E-state index in [0.29, 0.717) is 12.1 Å². The van der Waals surface area contributed by atoms with E-state index in [9.17, 15) is 9.59 Å². The summed E-state index contributed by atoms with van der Waals surface area (Å²) in [6.07, 6.45) is 15.6. The van der Waals surface area contributed by atoms with Gasteiger partial charge in [0, 0.05) is 12.1 Å². The van der Waals surface area contributed by atoms with Gasteiger partial charge in [0.2, 0.25) is 0 Å². The standard InChI is InChI=1S/C20H37NO3/c1-4-5-6-7-8-9-10-11-12-13-14-15-16-21-19(22)17-24-20(23)18(2)3/h2,4-17H2,1,3H3,(H,21,22). The van der Waals surface area contributed by atoms with Crippen LogP contribution in [0.5, 0.6) is 0 Å². The van der Waals surface area contributed by atoms with Crippen molar-refractivity contribution in [1.82, 2.24) is 5.32 Å². The molecule has 0 aliphatic rings. The van der Waals surface area contributed by atoms with E-state index in [1.807, 2.05) is 0 Å². The summed E-state index contributed by atoms with van der Waals surface area (Å²) in [6.45, 7) is 7.72. The Balaban J connectivity index is 3.23. The molecule has 0 rings (SSSR count). The molecule has 0 aliphatic carbocycles. The number of unbranched alkanes of at least 4 members (excludes halogenated alkanes) is 11. The topological polar surface area (TPSA) is 55.4 Å². The molecule has 0 bridgehead atoms. The minimum absolute atomic E-state index is 0.218. The lowest BCUT2D eigenvalue weighted by molar-refractivity contribution is -0.144. The van der Waals surface area contributed by atoms with Gasteiger partial charge in [-0.25, -0.2) is 4.79 Å². The Morgan fingerprint density at radius 3 is 1.75 bits per heavy atom. The molecule has 0 aliphatic heterocycles. The molecule has 0 aromatic heterocycles. The maximum absolute atomic E-state index is 11.5. The molecule has 0 aromatic carbocycles. The van der Waals surface area contributed by atoms with Crippen molar-refractivity contribution in [3.63, 3.8) is 0 Å². The number of hydrogen-bond donors (Lipinski definition) is 1. The Morgan fingerprint density at radius 2 is 1.29 bits per heavy atom. The summed E-state index contributed by atoms with van der Waals surface area (Å²) in [6, 6.07) is 0. The highest BCUT2D eigenvalue weighted by Gasteiger charge is 2.06. The summed E-state index contributed by atoms with van der Waals surface area (Å²) in [5.74, 6) is -0.761. The van der Waals surface area contributed by atoms with Gasteiger partial charge in [0.1, 0.15) is 0 Å². The molecule has 0 atom stereocenters. The first-order valence-corrected chi connectivity index (χ1v) is 9.67. The highest BCUT2D eigenvalue weighted by atomic mass is 16.5. The number of hydrogen-bond acceptors (Lipinski definition) is 3. The van der Waals surface area contributed by atoms with Crippen molar-refractivity contribution < 1.29 is 14.3 Å². The number of amides is 1. The highest BCUT2D eigenvalue weighted by molar-refractivity contribution is 5.89. The molecule has 0 radical (unpaired) electrons. The van der Waals surface area contributed by atoms with Gasteiger partial charge in [0.25, 0.3) is 5.91 Å². The van der Waals surface area contributed by atoms with Gasteiger partial charge in [-0.15, -0.1) is 0 Å². The Kier molecular flexibility index (Phi) is 15.6. The van der Waals surface area contributed by atoms with Gasteiger partial charge in [-0.05, 0) is 13.3 Å². The molecule has 0 unspecified atom stereocenters. The van der Waals surface area contributed by atoms with E-state index in [1.165, 1.54) is 64.2 Å². The predicted octanol–water partition coefficient (Wildman–Crippen LogP) is 4.92. The SMILES string of the molecule is C=C(C)C(=O)OCC(=O)NCCCCCCCCCCCCCC. The van der Waals surface area contributed by atoms with Crippen molar-refractivity contribution >= 4 is 11.9 Å². The second-order valence-electron chi connectivity index (χ2n) is 6.60. The first-order chi connectivity index (χ1) is 11.6. The molecule has 1 amide bonds. The molecule has 0 fully saturated rings. The van der Waals surface area contributed by atoms with Gasteiger partial charge in [-0.2, -0.15) is 0 Å². The number of nitrogens with one attached hydrogen (secondary N) is 1. The number of ether oxygens (including phenoxy) is 1. The van der Waals surface area contributed by atoms with Crippen LogP contribution in [0.4, 0.5) is 0 Å². The van der Waals surface area contributed by atoms with Crippen molar-refractivity contribution in [3.05, 3.63) is 12.2 Å². The van der Waals surface area contributed by atoms with Gasteiger partial charge in [-0.1, -0.05) is 84.1 Å². The number of carbonyl (C=O) groups is 2. The fourth-order valence-electron chi connectivity index (χ4n) is 2.50. The maximum Gasteiger partial charge on any atom is 0.333 e. The molecule has 0 spiro atoms. The average Bonchev–Trinajstić information content (AvgIpc) is 2.56. The van der Waals surface area contributed by atoms with Gasteiger partial charge in [-0.3, -0.25) is 4.79 Å². The summed E-state index contributed by atoms with van der Waals surface area (Å²) in [7, 11) is 0. The lowest BCUT2D eigenvalue weighted by atomic mass is 10.1. The lowest BCUT2D eigenvalue weighted by Gasteiger charge is -2.06. The van der Waals surface area contributed by atoms with E-state index in [1.54, 1.807) is 6.92 Å². The summed E-state index contributed by atoms with van der Waals surface area (Å²) >= 11 is 0. The molecule has 0 saturated heterocycles. The third kappa shape index (κ3) is 15.6. The predicted molar refractivity (Wildman–Crippen MR) is 99.9 cm³/mol. The normalized spacial score (nSPS) is 10.4. The van der Waals surface area contributed by atoms with Crippen molar-refractivity contribution in [2.24, 2.45) is 0 Å². The minimum atomic E-state index is -0.518. The Morgan fingerprint density at radius 1 is 0.833 bits per heavy atom. The number of carbonyl (C=O) groups excluding carboxylic acids is 2. The second-order valence-corrected chi connectivity index (χ2v) is 6.60. The Labute approximate surface area is 148 Å². The van der Waals surface area contributed by atoms with Crippen molar-refractivity contribution in [1.29, 1.82) is 0 Å². The first kappa shape index (κ1) is 22.7. The van der Waals surface area contributed by atoms with Crippen molar-refractivity contribution in [2.75, 3.05) is 13.2 Å². The van der Waals surface area contributed by atoms with Crippen LogP contribution in [0.25, 0.3) is 0 Å². The van der Waals surface area contributed by atoms with Crippen LogP contribution >= 0.6 is 0 Å². The van der Waals surface area contributed by atoms with Crippen LogP contribution in [0.15, 0.2) is 12.2 Å². The molecule has 0 heterocycles. The van der Waals surface area contributed by atoms with Crippen LogP contribution in [0, 0.1) is 0 Å². The average molecular weight is 340 g/mol. The summed E-state index contributed by atoms with van der Waals surface area (Å²) < 4.78 is 4.78. The molecule has 1 N–H and O–H groups in total. The number of esters is 1. The molecule has 24 heavy (non-hydrogen) atoms. The van der Waals surface area contributed by atoms with E-state index < -0.39 is 5.97 Å². The monoisotopic (exact) mass is 339 g/mol. The Bertz CT molecular complexity index is 353. The molecule has 140 valence electrons. The second kappa shape index (κ2) is 16.5. The zero-order chi connectivity index (χ0) is 18.0. The summed E-state index contributed by atoms with van der Waals surface area (Å²) in [4.78, 5) is 22.6. The molecule has 4 nitrogen and oxygen atoms in total. The maximum atomic E-state index is 11.5. The first-order valence-electron chi connectivity index (χ1n) is 9.67. The van der Waals surface area contributed by atoms with Crippen LogP contribution < -0.4 is 5.32 Å². The molecular formula is C20H37NO3. The van der Waals surface area contributed by atoms with Crippen LogP contribution in [-0.2, 0) is 14.3 Å². The van der Waals surface area contributed by atoms with Crippen LogP contribution in [0.3, 0.4) is 0 Å². The highest BCUT2D eigenvalue weighted by Crippen LogP contribution is 2.11. The van der Waals surface area contributed by atoms with E-state index in [4.69, 9.17) is 4.74 Å². The fourth-order valence-corrected chi connectivity index (χ4v) is 2.50. The van der Waals surface area contributed by atoms with E-state index >= 15 is 0 Å². The summed E-state index contributed by atoms with van der Waals surface area (Å²) in [5, 5.41) is 2.77. The van der Waals surface area contributed by atoms with E-state index in [0.717, 1.165) is 12.8 Å². The van der Waals surface area contributed by atoms with Gasteiger partial charge in [0.05, 0.1) is 0 Å². The molecule has 4 heteroatoms. The quantitative estimate of drug-likeness (QED) is 0.247. The van der Waals surface area contributed by atoms with Crippen LogP contribution in [0.1, 0.15) is 90.9 Å². The molecular weight excluding hydrogens is 302 g/mol. The van der Waals surface area contributed by atoms with Crippen LogP contribution in [-0.4, -0.2) is 25.0 Å². The van der Waals surface area contributed by atoms with Gasteiger partial charge < -0.3 is 10.1 Å². The summed E-state index contributed by atoms with van der Waals surface area (Å²) in [5.41, 5.74) is 0.309. The fraction of sp³-hybridized carbons (Fsp3) is 0.800. The number of rotatable bonds is 16. The smallest absolute Gasteiger partial charge is 0.333 e. The van der Waals surface area contributed by atoms with Crippen molar-refractivity contribution in [3.8, 4) is 0 Å². The molecule has 0 aromatic rings. The van der Waals surface area contributed by atoms with E-state index in [-0.39, 0.29) is 12.5 Å². The van der Waals surface area contributed by atoms with E-state index in [2.05, 4.69) is 18.8 Å². The largest absolute Gasteiger partial charge is 0.452 e. The Hall–Kier alpha value is -1.32. The van der Waals surface area contributed by atoms with Gasteiger partial charge in [0.15, 0.2) is 6.61 Å². The zero-order valence-electron chi connectivity index (χ0n) is 15.8. The third-order valence-corrected chi connectivity index (χ3v) is 4.04. The van der Waals surface area contributed by atoms with Gasteiger partial charge >= 0.3 is 5.97 Å². The van der Waals surface area contributed by atoms with Crippen LogP contribution in [0.2, 0.25) is 0 Å². The third-order valence-electron chi connectivity index (χ3n) is 4.04. The molecule has 0 saturated carbocycles. The van der Waals surface area contributed by atoms with Crippen molar-refractivity contribution in [2.45, 2.75) is 90.9 Å². The zero-order valence-corrected chi connectivity index (χ0v) is 15.8. The lowest BCUT2D eigenvalue weighted by Crippen LogP contribution is -2.29. The minimum Gasteiger partial charge on any atom is -0.452 e.